The molecule has 0 radical (unpaired) electrons. The van der Waals surface area contributed by atoms with Gasteiger partial charge in [-0.1, -0.05) is 19.1 Å². The van der Waals surface area contributed by atoms with Gasteiger partial charge in [0.05, 0.1) is 0 Å². The normalized spacial score (nSPS) is 13.0. The van der Waals surface area contributed by atoms with E-state index in [1.807, 2.05) is 24.3 Å². The first kappa shape index (κ1) is 13.6. The summed E-state index contributed by atoms with van der Waals surface area (Å²) in [5, 5.41) is 9.34. The summed E-state index contributed by atoms with van der Waals surface area (Å²) in [6.07, 6.45) is 3.77. The number of nitrogens with zero attached hydrogens (tertiary/aromatic N) is 1. The molecule has 4 heteroatoms. The highest BCUT2D eigenvalue weighted by Crippen LogP contribution is 2.29. The van der Waals surface area contributed by atoms with Gasteiger partial charge in [0.1, 0.15) is 11.3 Å². The Labute approximate surface area is 123 Å². The maximum atomic E-state index is 11.4. The van der Waals surface area contributed by atoms with Crippen LogP contribution in [-0.4, -0.2) is 16.1 Å². The molecule has 108 valence electrons. The fraction of sp³-hybridized carbons (Fsp3) is 0.294. The second-order valence-corrected chi connectivity index (χ2v) is 5.21. The second kappa shape index (κ2) is 5.56. The minimum absolute atomic E-state index is 0.134. The zero-order valence-corrected chi connectivity index (χ0v) is 11.9. The molecule has 0 amide bonds. The molecule has 1 N–H and O–H groups in total. The van der Waals surface area contributed by atoms with Crippen LogP contribution in [0.25, 0.3) is 0 Å². The third-order valence-electron chi connectivity index (χ3n) is 3.79. The zero-order valence-electron chi connectivity index (χ0n) is 11.9. The Morgan fingerprint density at radius 1 is 1.29 bits per heavy atom. The number of carboxylic acid groups (broad SMARTS) is 1. The van der Waals surface area contributed by atoms with Gasteiger partial charge in [0.15, 0.2) is 0 Å². The molecule has 4 nitrogen and oxygen atoms in total. The molecule has 1 heterocycles. The Morgan fingerprint density at radius 3 is 2.71 bits per heavy atom. The van der Waals surface area contributed by atoms with Crippen molar-refractivity contribution in [2.24, 2.45) is 0 Å². The highest BCUT2D eigenvalue weighted by atomic mass is 16.5. The Bertz CT molecular complexity index is 677. The van der Waals surface area contributed by atoms with Crippen molar-refractivity contribution in [3.8, 4) is 11.6 Å². The molecule has 0 saturated heterocycles. The fourth-order valence-electron chi connectivity index (χ4n) is 2.59. The number of ether oxygens (including phenoxy) is 1. The van der Waals surface area contributed by atoms with Gasteiger partial charge in [-0.3, -0.25) is 0 Å². The highest BCUT2D eigenvalue weighted by Gasteiger charge is 2.21. The summed E-state index contributed by atoms with van der Waals surface area (Å²) in [4.78, 5) is 15.8. The third kappa shape index (κ3) is 2.75. The smallest absolute Gasteiger partial charge is 0.341 e. The molecule has 1 aliphatic rings. The molecule has 0 bridgehead atoms. The van der Waals surface area contributed by atoms with Crippen LogP contribution in [0.3, 0.4) is 0 Å². The predicted molar refractivity (Wildman–Crippen MR) is 79.1 cm³/mol. The lowest BCUT2D eigenvalue weighted by atomic mass is 10.1. The molecular weight excluding hydrogens is 266 g/mol. The average molecular weight is 283 g/mol. The molecule has 1 aliphatic carbocycles. The number of pyridine rings is 1. The molecule has 0 fully saturated rings. The summed E-state index contributed by atoms with van der Waals surface area (Å²) < 4.78 is 5.70. The van der Waals surface area contributed by atoms with Crippen molar-refractivity contribution in [2.45, 2.75) is 32.6 Å². The number of hydrogen-bond donors (Lipinski definition) is 1. The fourth-order valence-corrected chi connectivity index (χ4v) is 2.59. The molecule has 1 aromatic carbocycles. The molecule has 3 rings (SSSR count). The van der Waals surface area contributed by atoms with Crippen LogP contribution in [0.2, 0.25) is 0 Å². The van der Waals surface area contributed by atoms with Gasteiger partial charge in [0, 0.05) is 5.69 Å². The van der Waals surface area contributed by atoms with E-state index in [0.717, 1.165) is 36.9 Å². The molecule has 0 saturated carbocycles. The number of benzene rings is 1. The van der Waals surface area contributed by atoms with Crippen LogP contribution >= 0.6 is 0 Å². The van der Waals surface area contributed by atoms with Crippen molar-refractivity contribution < 1.29 is 14.6 Å². The Hall–Kier alpha value is -2.36. The SMILES string of the molecule is CCc1ccc(Oc2nc3c(cc2C(=O)O)CCC3)cc1. The first-order valence-corrected chi connectivity index (χ1v) is 7.20. The number of aromatic nitrogens is 1. The van der Waals surface area contributed by atoms with E-state index in [-0.39, 0.29) is 11.4 Å². The average Bonchev–Trinajstić information content (AvgIpc) is 2.94. The monoisotopic (exact) mass is 283 g/mol. The molecule has 0 aliphatic heterocycles. The second-order valence-electron chi connectivity index (χ2n) is 5.21. The largest absolute Gasteiger partial charge is 0.477 e. The maximum Gasteiger partial charge on any atom is 0.341 e. The molecule has 0 atom stereocenters. The van der Waals surface area contributed by atoms with Gasteiger partial charge in [-0.05, 0) is 55.0 Å². The lowest BCUT2D eigenvalue weighted by Gasteiger charge is -2.10. The van der Waals surface area contributed by atoms with Crippen LogP contribution in [0.5, 0.6) is 11.6 Å². The highest BCUT2D eigenvalue weighted by molar-refractivity contribution is 5.90. The number of fused-ring (bicyclic) bond motifs is 1. The number of aromatic carboxylic acids is 1. The minimum Gasteiger partial charge on any atom is -0.477 e. The summed E-state index contributed by atoms with van der Waals surface area (Å²) in [7, 11) is 0. The summed E-state index contributed by atoms with van der Waals surface area (Å²) in [6, 6.07) is 9.35. The van der Waals surface area contributed by atoms with Crippen LogP contribution < -0.4 is 4.74 Å². The summed E-state index contributed by atoms with van der Waals surface area (Å²) in [5.74, 6) is -0.204. The van der Waals surface area contributed by atoms with Gasteiger partial charge in [-0.2, -0.15) is 0 Å². The van der Waals surface area contributed by atoms with E-state index in [0.29, 0.717) is 5.75 Å². The number of carboxylic acids is 1. The summed E-state index contributed by atoms with van der Waals surface area (Å²) in [5.41, 5.74) is 3.33. The molecule has 2 aromatic rings. The molecule has 0 unspecified atom stereocenters. The van der Waals surface area contributed by atoms with Gasteiger partial charge in [0.2, 0.25) is 5.88 Å². The summed E-state index contributed by atoms with van der Waals surface area (Å²) >= 11 is 0. The first-order valence-electron chi connectivity index (χ1n) is 7.20. The number of rotatable bonds is 4. The van der Waals surface area contributed by atoms with Gasteiger partial charge >= 0.3 is 5.97 Å². The minimum atomic E-state index is -1.00. The maximum absolute atomic E-state index is 11.4. The van der Waals surface area contributed by atoms with Crippen molar-refractivity contribution in [2.75, 3.05) is 0 Å². The predicted octanol–water partition coefficient (Wildman–Crippen LogP) is 3.62. The lowest BCUT2D eigenvalue weighted by molar-refractivity contribution is 0.0693. The van der Waals surface area contributed by atoms with Crippen LogP contribution in [0.4, 0.5) is 0 Å². The van der Waals surface area contributed by atoms with Crippen molar-refractivity contribution in [3.05, 3.63) is 52.7 Å². The molecular formula is C17H17NO3. The zero-order chi connectivity index (χ0) is 14.8. The van der Waals surface area contributed by atoms with E-state index in [4.69, 9.17) is 4.74 Å². The van der Waals surface area contributed by atoms with Crippen LogP contribution in [0.1, 0.15) is 40.5 Å². The van der Waals surface area contributed by atoms with Gasteiger partial charge in [-0.15, -0.1) is 0 Å². The summed E-state index contributed by atoms with van der Waals surface area (Å²) in [6.45, 7) is 2.08. The Kier molecular flexibility index (Phi) is 3.60. The molecule has 1 aromatic heterocycles. The van der Waals surface area contributed by atoms with E-state index in [1.54, 1.807) is 6.07 Å². The van der Waals surface area contributed by atoms with Crippen LogP contribution in [-0.2, 0) is 19.3 Å². The van der Waals surface area contributed by atoms with Gasteiger partial charge in [0.25, 0.3) is 0 Å². The number of aryl methyl sites for hydroxylation is 3. The van der Waals surface area contributed by atoms with Crippen molar-refractivity contribution >= 4 is 5.97 Å². The van der Waals surface area contributed by atoms with E-state index in [1.165, 1.54) is 5.56 Å². The van der Waals surface area contributed by atoms with Gasteiger partial charge in [-0.25, -0.2) is 9.78 Å². The van der Waals surface area contributed by atoms with Crippen molar-refractivity contribution in [1.82, 2.24) is 4.98 Å². The van der Waals surface area contributed by atoms with Gasteiger partial charge < -0.3 is 9.84 Å². The van der Waals surface area contributed by atoms with E-state index in [2.05, 4.69) is 11.9 Å². The van der Waals surface area contributed by atoms with Crippen LogP contribution in [0.15, 0.2) is 30.3 Å². The Morgan fingerprint density at radius 2 is 2.05 bits per heavy atom. The van der Waals surface area contributed by atoms with E-state index >= 15 is 0 Å². The topological polar surface area (TPSA) is 59.4 Å². The van der Waals surface area contributed by atoms with Crippen molar-refractivity contribution in [3.63, 3.8) is 0 Å². The number of carbonyl (C=O) groups is 1. The number of hydrogen-bond acceptors (Lipinski definition) is 3. The van der Waals surface area contributed by atoms with Crippen molar-refractivity contribution in [1.29, 1.82) is 0 Å². The third-order valence-corrected chi connectivity index (χ3v) is 3.79. The first-order chi connectivity index (χ1) is 10.2. The quantitative estimate of drug-likeness (QED) is 0.931. The van der Waals surface area contributed by atoms with E-state index < -0.39 is 5.97 Å². The molecule has 0 spiro atoms. The Balaban J connectivity index is 1.94. The molecule has 21 heavy (non-hydrogen) atoms. The standard InChI is InChI=1S/C17H17NO3/c1-2-11-6-8-13(9-7-11)21-16-14(17(19)20)10-12-4-3-5-15(12)18-16/h6-10H,2-5H2,1H3,(H,19,20). The lowest BCUT2D eigenvalue weighted by Crippen LogP contribution is -2.05. The van der Waals surface area contributed by atoms with E-state index in [9.17, 15) is 9.90 Å². The van der Waals surface area contributed by atoms with Crippen LogP contribution in [0, 0.1) is 0 Å².